The van der Waals surface area contributed by atoms with E-state index in [1.54, 1.807) is 6.07 Å². The van der Waals surface area contributed by atoms with Crippen LogP contribution in [0.2, 0.25) is 0 Å². The lowest BCUT2D eigenvalue weighted by atomic mass is 10.1. The van der Waals surface area contributed by atoms with Crippen molar-refractivity contribution in [2.45, 2.75) is 13.0 Å². The largest absolute Gasteiger partial charge is 0.481 e. The van der Waals surface area contributed by atoms with Crippen LogP contribution >= 0.6 is 0 Å². The first kappa shape index (κ1) is 11.6. The molecule has 1 saturated heterocycles. The molecule has 0 amide bonds. The second-order valence-corrected chi connectivity index (χ2v) is 4.37. The summed E-state index contributed by atoms with van der Waals surface area (Å²) in [6, 6.07) is 9.56. The number of carboxylic acid groups (broad SMARTS) is 1. The highest BCUT2D eigenvalue weighted by Crippen LogP contribution is 2.19. The van der Waals surface area contributed by atoms with Crippen molar-refractivity contribution in [2.24, 2.45) is 5.92 Å². The summed E-state index contributed by atoms with van der Waals surface area (Å²) >= 11 is 0. The van der Waals surface area contributed by atoms with Crippen LogP contribution in [0.25, 0.3) is 0 Å². The predicted molar refractivity (Wildman–Crippen MR) is 62.2 cm³/mol. The topological polar surface area (TPSA) is 64.3 Å². The van der Waals surface area contributed by atoms with Gasteiger partial charge in [0.2, 0.25) is 0 Å². The van der Waals surface area contributed by atoms with E-state index >= 15 is 0 Å². The molecule has 1 heterocycles. The quantitative estimate of drug-likeness (QED) is 0.853. The lowest BCUT2D eigenvalue weighted by Gasteiger charge is -2.15. The Hall–Kier alpha value is -1.86. The van der Waals surface area contributed by atoms with Gasteiger partial charge in [-0.2, -0.15) is 5.26 Å². The summed E-state index contributed by atoms with van der Waals surface area (Å²) < 4.78 is 0. The average Bonchev–Trinajstić information content (AvgIpc) is 2.78. The molecule has 0 saturated carbocycles. The van der Waals surface area contributed by atoms with E-state index in [0.717, 1.165) is 18.7 Å². The van der Waals surface area contributed by atoms with Crippen molar-refractivity contribution in [1.82, 2.24) is 4.90 Å². The molecule has 0 aliphatic carbocycles. The molecule has 2 rings (SSSR count). The van der Waals surface area contributed by atoms with Crippen LogP contribution in [-0.2, 0) is 11.3 Å². The second kappa shape index (κ2) is 4.98. The summed E-state index contributed by atoms with van der Waals surface area (Å²) in [5, 5.41) is 17.7. The molecular formula is C13H14N2O2. The van der Waals surface area contributed by atoms with Crippen LogP contribution in [0.15, 0.2) is 24.3 Å². The van der Waals surface area contributed by atoms with E-state index in [1.807, 2.05) is 18.2 Å². The lowest BCUT2D eigenvalue weighted by Crippen LogP contribution is -2.22. The van der Waals surface area contributed by atoms with E-state index in [4.69, 9.17) is 10.4 Å². The SMILES string of the molecule is N#Cc1cccc(CN2CC[C@@H](C(=O)O)C2)c1. The number of hydrogen-bond donors (Lipinski definition) is 1. The zero-order chi connectivity index (χ0) is 12.3. The fourth-order valence-electron chi connectivity index (χ4n) is 2.18. The van der Waals surface area contributed by atoms with Gasteiger partial charge in [0.05, 0.1) is 17.6 Å². The van der Waals surface area contributed by atoms with Crippen molar-refractivity contribution in [2.75, 3.05) is 13.1 Å². The molecule has 0 spiro atoms. The molecule has 0 radical (unpaired) electrons. The smallest absolute Gasteiger partial charge is 0.307 e. The van der Waals surface area contributed by atoms with Gasteiger partial charge < -0.3 is 5.11 Å². The molecule has 88 valence electrons. The maximum atomic E-state index is 10.8. The van der Waals surface area contributed by atoms with Gasteiger partial charge in [-0.1, -0.05) is 12.1 Å². The Morgan fingerprint density at radius 2 is 2.41 bits per heavy atom. The fraction of sp³-hybridized carbons (Fsp3) is 0.385. The first-order chi connectivity index (χ1) is 8.19. The van der Waals surface area contributed by atoms with Gasteiger partial charge in [-0.15, -0.1) is 0 Å². The Morgan fingerprint density at radius 3 is 3.06 bits per heavy atom. The molecule has 1 atom stereocenters. The van der Waals surface area contributed by atoms with Crippen LogP contribution in [0.1, 0.15) is 17.5 Å². The molecule has 1 aromatic carbocycles. The monoisotopic (exact) mass is 230 g/mol. The minimum atomic E-state index is -0.710. The highest BCUT2D eigenvalue weighted by atomic mass is 16.4. The Labute approximate surface area is 100 Å². The number of nitriles is 1. The molecule has 4 nitrogen and oxygen atoms in total. The molecule has 1 fully saturated rings. The van der Waals surface area contributed by atoms with Gasteiger partial charge in [-0.25, -0.2) is 0 Å². The van der Waals surface area contributed by atoms with Crippen LogP contribution in [0.5, 0.6) is 0 Å². The zero-order valence-electron chi connectivity index (χ0n) is 9.47. The summed E-state index contributed by atoms with van der Waals surface area (Å²) in [4.78, 5) is 13.0. The summed E-state index contributed by atoms with van der Waals surface area (Å²) in [5.41, 5.74) is 1.71. The third-order valence-electron chi connectivity index (χ3n) is 3.08. The Morgan fingerprint density at radius 1 is 1.59 bits per heavy atom. The average molecular weight is 230 g/mol. The molecule has 1 aliphatic heterocycles. The van der Waals surface area contributed by atoms with Gasteiger partial charge in [0.15, 0.2) is 0 Å². The number of hydrogen-bond acceptors (Lipinski definition) is 3. The molecular weight excluding hydrogens is 216 g/mol. The van der Waals surface area contributed by atoms with Crippen molar-refractivity contribution in [3.63, 3.8) is 0 Å². The van der Waals surface area contributed by atoms with Gasteiger partial charge in [0.1, 0.15) is 0 Å². The van der Waals surface area contributed by atoms with Crippen molar-refractivity contribution in [1.29, 1.82) is 5.26 Å². The van der Waals surface area contributed by atoms with E-state index < -0.39 is 5.97 Å². The number of carbonyl (C=O) groups is 1. The van der Waals surface area contributed by atoms with Crippen LogP contribution in [0.3, 0.4) is 0 Å². The number of aliphatic carboxylic acids is 1. The maximum Gasteiger partial charge on any atom is 0.307 e. The summed E-state index contributed by atoms with van der Waals surface area (Å²) in [6.45, 7) is 2.14. The second-order valence-electron chi connectivity index (χ2n) is 4.37. The lowest BCUT2D eigenvalue weighted by molar-refractivity contribution is -0.141. The normalized spacial score (nSPS) is 20.1. The predicted octanol–water partition coefficient (Wildman–Crippen LogP) is 1.46. The summed E-state index contributed by atoms with van der Waals surface area (Å²) in [5.74, 6) is -0.951. The Balaban J connectivity index is 1.98. The van der Waals surface area contributed by atoms with Crippen molar-refractivity contribution < 1.29 is 9.90 Å². The number of nitrogens with zero attached hydrogens (tertiary/aromatic N) is 2. The standard InChI is InChI=1S/C13H14N2O2/c14-7-10-2-1-3-11(6-10)8-15-5-4-12(9-15)13(16)17/h1-3,6,12H,4-5,8-9H2,(H,16,17)/t12-/m1/s1. The summed E-state index contributed by atoms with van der Waals surface area (Å²) in [7, 11) is 0. The Bertz CT molecular complexity index is 465. The van der Waals surface area contributed by atoms with Gasteiger partial charge in [-0.05, 0) is 30.7 Å². The van der Waals surface area contributed by atoms with E-state index in [-0.39, 0.29) is 5.92 Å². The van der Waals surface area contributed by atoms with Gasteiger partial charge in [-0.3, -0.25) is 9.69 Å². The molecule has 1 aromatic rings. The van der Waals surface area contributed by atoms with Gasteiger partial charge in [0, 0.05) is 13.1 Å². The van der Waals surface area contributed by atoms with Gasteiger partial charge >= 0.3 is 5.97 Å². The molecule has 17 heavy (non-hydrogen) atoms. The van der Waals surface area contributed by atoms with Crippen LogP contribution in [-0.4, -0.2) is 29.1 Å². The van der Waals surface area contributed by atoms with E-state index in [1.165, 1.54) is 0 Å². The van der Waals surface area contributed by atoms with E-state index in [0.29, 0.717) is 18.5 Å². The zero-order valence-corrected chi connectivity index (χ0v) is 9.47. The van der Waals surface area contributed by atoms with Gasteiger partial charge in [0.25, 0.3) is 0 Å². The number of likely N-dealkylation sites (tertiary alicyclic amines) is 1. The number of carboxylic acids is 1. The molecule has 0 unspecified atom stereocenters. The minimum absolute atomic E-state index is 0.242. The Kier molecular flexibility index (Phi) is 3.40. The van der Waals surface area contributed by atoms with Crippen molar-refractivity contribution in [3.05, 3.63) is 35.4 Å². The maximum absolute atomic E-state index is 10.8. The highest BCUT2D eigenvalue weighted by Gasteiger charge is 2.27. The summed E-state index contributed by atoms with van der Waals surface area (Å²) in [6.07, 6.45) is 0.716. The molecule has 1 aliphatic rings. The van der Waals surface area contributed by atoms with Crippen LogP contribution < -0.4 is 0 Å². The minimum Gasteiger partial charge on any atom is -0.481 e. The molecule has 1 N–H and O–H groups in total. The number of benzene rings is 1. The number of rotatable bonds is 3. The first-order valence-corrected chi connectivity index (χ1v) is 5.63. The third kappa shape index (κ3) is 2.83. The molecule has 0 bridgehead atoms. The van der Waals surface area contributed by atoms with Crippen LogP contribution in [0, 0.1) is 17.2 Å². The fourth-order valence-corrected chi connectivity index (χ4v) is 2.18. The highest BCUT2D eigenvalue weighted by molar-refractivity contribution is 5.70. The van der Waals surface area contributed by atoms with Crippen molar-refractivity contribution in [3.8, 4) is 6.07 Å². The third-order valence-corrected chi connectivity index (χ3v) is 3.08. The van der Waals surface area contributed by atoms with Crippen LogP contribution in [0.4, 0.5) is 0 Å². The molecule has 0 aromatic heterocycles. The first-order valence-electron chi connectivity index (χ1n) is 5.63. The van der Waals surface area contributed by atoms with E-state index in [2.05, 4.69) is 11.0 Å². The molecule has 4 heteroatoms. The van der Waals surface area contributed by atoms with E-state index in [9.17, 15) is 4.79 Å². The van der Waals surface area contributed by atoms with Crippen molar-refractivity contribution >= 4 is 5.97 Å².